The highest BCUT2D eigenvalue weighted by molar-refractivity contribution is 6.34. The average Bonchev–Trinajstić information content (AvgIpc) is 3.43. The number of anilines is 1. The normalized spacial score (nSPS) is 15.9. The SMILES string of the molecule is CC(=O)NC(C)(C)c1ccc(Oc2nc3cc(-c4ccc(N5CCC(O)C5)cc4)c(Cl)cc3[nH]2)cc1. The lowest BCUT2D eigenvalue weighted by Crippen LogP contribution is -2.39. The molecule has 1 unspecified atom stereocenters. The van der Waals surface area contributed by atoms with Gasteiger partial charge in [0.05, 0.1) is 27.7 Å². The van der Waals surface area contributed by atoms with Crippen LogP contribution in [0.15, 0.2) is 60.7 Å². The number of fused-ring (bicyclic) bond motifs is 1. The van der Waals surface area contributed by atoms with E-state index in [2.05, 4.69) is 32.3 Å². The van der Waals surface area contributed by atoms with Gasteiger partial charge in [0.15, 0.2) is 0 Å². The predicted molar refractivity (Wildman–Crippen MR) is 143 cm³/mol. The van der Waals surface area contributed by atoms with Gasteiger partial charge in [0.2, 0.25) is 5.91 Å². The molecular weight excluding hydrogens is 476 g/mol. The number of hydrogen-bond donors (Lipinski definition) is 3. The Kier molecular flexibility index (Phi) is 6.36. The number of amides is 1. The minimum Gasteiger partial charge on any atom is -0.426 e. The van der Waals surface area contributed by atoms with Gasteiger partial charge in [-0.2, -0.15) is 4.98 Å². The van der Waals surface area contributed by atoms with Crippen molar-refractivity contribution in [3.63, 3.8) is 0 Å². The Labute approximate surface area is 215 Å². The summed E-state index contributed by atoms with van der Waals surface area (Å²) in [7, 11) is 0. The van der Waals surface area contributed by atoms with Crippen LogP contribution in [0, 0.1) is 0 Å². The van der Waals surface area contributed by atoms with Crippen molar-refractivity contribution in [2.24, 2.45) is 0 Å². The van der Waals surface area contributed by atoms with E-state index < -0.39 is 5.54 Å². The Morgan fingerprint density at radius 1 is 1.17 bits per heavy atom. The molecule has 0 saturated carbocycles. The molecule has 7 nitrogen and oxygen atoms in total. The Bertz CT molecular complexity index is 1400. The van der Waals surface area contributed by atoms with Crippen LogP contribution in [0.25, 0.3) is 22.2 Å². The highest BCUT2D eigenvalue weighted by Gasteiger charge is 2.22. The first-order valence-electron chi connectivity index (χ1n) is 12.0. The van der Waals surface area contributed by atoms with Crippen molar-refractivity contribution in [1.82, 2.24) is 15.3 Å². The van der Waals surface area contributed by atoms with Crippen LogP contribution in [0.3, 0.4) is 0 Å². The van der Waals surface area contributed by atoms with Gasteiger partial charge in [0.25, 0.3) is 6.01 Å². The van der Waals surface area contributed by atoms with Crippen LogP contribution in [0.2, 0.25) is 5.02 Å². The average molecular weight is 505 g/mol. The van der Waals surface area contributed by atoms with E-state index in [1.165, 1.54) is 6.92 Å². The fraction of sp³-hybridized carbons (Fsp3) is 0.286. The van der Waals surface area contributed by atoms with E-state index in [-0.39, 0.29) is 12.0 Å². The number of aromatic amines is 1. The summed E-state index contributed by atoms with van der Waals surface area (Å²) in [5, 5.41) is 13.4. The van der Waals surface area contributed by atoms with Crippen LogP contribution in [-0.4, -0.2) is 40.2 Å². The number of carbonyl (C=O) groups is 1. The van der Waals surface area contributed by atoms with Crippen LogP contribution < -0.4 is 15.0 Å². The highest BCUT2D eigenvalue weighted by Crippen LogP contribution is 2.34. The van der Waals surface area contributed by atoms with E-state index in [1.54, 1.807) is 0 Å². The molecule has 1 fully saturated rings. The van der Waals surface area contributed by atoms with Crippen LogP contribution in [-0.2, 0) is 10.3 Å². The molecule has 0 radical (unpaired) electrons. The van der Waals surface area contributed by atoms with Gasteiger partial charge in [-0.1, -0.05) is 35.9 Å². The van der Waals surface area contributed by atoms with Gasteiger partial charge in [-0.25, -0.2) is 0 Å². The lowest BCUT2D eigenvalue weighted by Gasteiger charge is -2.26. The standard InChI is InChI=1S/C28H29ClN4O3/c1-17(34)32-28(2,3)19-6-10-22(11-7-19)36-27-30-25-14-23(24(29)15-26(25)31-27)18-4-8-20(9-5-18)33-13-12-21(35)16-33/h4-11,14-15,21,35H,12-13,16H2,1-3H3,(H,30,31)(H,32,34). The second kappa shape index (κ2) is 9.48. The molecule has 36 heavy (non-hydrogen) atoms. The molecule has 1 saturated heterocycles. The van der Waals surface area contributed by atoms with Gasteiger partial charge < -0.3 is 25.0 Å². The molecule has 1 aliphatic rings. The third-order valence-electron chi connectivity index (χ3n) is 6.53. The van der Waals surface area contributed by atoms with Gasteiger partial charge in [-0.3, -0.25) is 4.79 Å². The third kappa shape index (κ3) is 5.03. The molecule has 1 aromatic heterocycles. The number of carbonyl (C=O) groups excluding carboxylic acids is 1. The van der Waals surface area contributed by atoms with Gasteiger partial charge in [0, 0.05) is 31.3 Å². The maximum absolute atomic E-state index is 11.5. The first kappa shape index (κ1) is 24.2. The van der Waals surface area contributed by atoms with Gasteiger partial charge in [0.1, 0.15) is 5.75 Å². The van der Waals surface area contributed by atoms with E-state index in [1.807, 2.05) is 62.4 Å². The number of imidazole rings is 1. The Hall–Kier alpha value is -3.55. The second-order valence-corrected chi connectivity index (χ2v) is 10.2. The first-order chi connectivity index (χ1) is 17.2. The summed E-state index contributed by atoms with van der Waals surface area (Å²) < 4.78 is 5.96. The van der Waals surface area contributed by atoms with Crippen LogP contribution >= 0.6 is 11.6 Å². The number of nitrogens with one attached hydrogen (secondary N) is 2. The zero-order valence-electron chi connectivity index (χ0n) is 20.5. The monoisotopic (exact) mass is 504 g/mol. The number of nitrogens with zero attached hydrogens (tertiary/aromatic N) is 2. The summed E-state index contributed by atoms with van der Waals surface area (Å²) in [4.78, 5) is 21.4. The van der Waals surface area contributed by atoms with Gasteiger partial charge in [-0.05, 0) is 67.8 Å². The zero-order chi connectivity index (χ0) is 25.4. The number of benzene rings is 3. The van der Waals surface area contributed by atoms with Crippen molar-refractivity contribution in [3.05, 3.63) is 71.2 Å². The summed E-state index contributed by atoms with van der Waals surface area (Å²) in [6, 6.07) is 19.9. The number of aliphatic hydroxyl groups is 1. The lowest BCUT2D eigenvalue weighted by atomic mass is 9.94. The number of aliphatic hydroxyl groups excluding tert-OH is 1. The number of rotatable bonds is 6. The summed E-state index contributed by atoms with van der Waals surface area (Å²) in [6.45, 7) is 6.94. The van der Waals surface area contributed by atoms with Crippen molar-refractivity contribution in [2.45, 2.75) is 38.8 Å². The fourth-order valence-electron chi connectivity index (χ4n) is 4.67. The van der Waals surface area contributed by atoms with E-state index in [9.17, 15) is 9.90 Å². The van der Waals surface area contributed by atoms with Crippen LogP contribution in [0.1, 0.15) is 32.8 Å². The van der Waals surface area contributed by atoms with Crippen molar-refractivity contribution >= 4 is 34.2 Å². The van der Waals surface area contributed by atoms with Crippen LogP contribution in [0.4, 0.5) is 5.69 Å². The number of H-pyrrole nitrogens is 1. The number of aromatic nitrogens is 2. The third-order valence-corrected chi connectivity index (χ3v) is 6.85. The summed E-state index contributed by atoms with van der Waals surface area (Å²) >= 11 is 6.63. The lowest BCUT2D eigenvalue weighted by molar-refractivity contribution is -0.120. The molecule has 0 spiro atoms. The quantitative estimate of drug-likeness (QED) is 0.317. The molecule has 2 heterocycles. The number of β-amino-alcohol motifs (C(OH)–C–C–N with tert-alkyl or cyclic N) is 1. The van der Waals surface area contributed by atoms with Crippen LogP contribution in [0.5, 0.6) is 11.8 Å². The molecule has 3 N–H and O–H groups in total. The van der Waals surface area contributed by atoms with Crippen molar-refractivity contribution in [2.75, 3.05) is 18.0 Å². The zero-order valence-corrected chi connectivity index (χ0v) is 21.3. The summed E-state index contributed by atoms with van der Waals surface area (Å²) in [5.41, 5.74) is 5.00. The summed E-state index contributed by atoms with van der Waals surface area (Å²) in [5.74, 6) is 0.549. The molecule has 0 aliphatic carbocycles. The Morgan fingerprint density at radius 3 is 2.53 bits per heavy atom. The molecule has 1 atom stereocenters. The smallest absolute Gasteiger partial charge is 0.300 e. The Balaban J connectivity index is 1.34. The second-order valence-electron chi connectivity index (χ2n) is 9.76. The van der Waals surface area contributed by atoms with E-state index in [0.29, 0.717) is 23.3 Å². The molecule has 8 heteroatoms. The number of halogens is 1. The molecule has 186 valence electrons. The first-order valence-corrected chi connectivity index (χ1v) is 12.4. The maximum atomic E-state index is 11.5. The van der Waals surface area contributed by atoms with Gasteiger partial charge in [-0.15, -0.1) is 0 Å². The van der Waals surface area contributed by atoms with E-state index in [0.717, 1.165) is 46.4 Å². The minimum absolute atomic E-state index is 0.0806. The highest BCUT2D eigenvalue weighted by atomic mass is 35.5. The van der Waals surface area contributed by atoms with E-state index in [4.69, 9.17) is 16.3 Å². The molecule has 1 aliphatic heterocycles. The largest absolute Gasteiger partial charge is 0.426 e. The summed E-state index contributed by atoms with van der Waals surface area (Å²) in [6.07, 6.45) is 0.540. The predicted octanol–water partition coefficient (Wildman–Crippen LogP) is 5.62. The molecular formula is C28H29ClN4O3. The maximum Gasteiger partial charge on any atom is 0.300 e. The fourth-order valence-corrected chi connectivity index (χ4v) is 4.94. The van der Waals surface area contributed by atoms with Gasteiger partial charge >= 0.3 is 0 Å². The van der Waals surface area contributed by atoms with Crippen molar-refractivity contribution < 1.29 is 14.6 Å². The van der Waals surface area contributed by atoms with Crippen molar-refractivity contribution in [3.8, 4) is 22.9 Å². The molecule has 5 rings (SSSR count). The number of hydrogen-bond acceptors (Lipinski definition) is 5. The number of ether oxygens (including phenoxy) is 1. The van der Waals surface area contributed by atoms with Crippen molar-refractivity contribution in [1.29, 1.82) is 0 Å². The Morgan fingerprint density at radius 2 is 1.89 bits per heavy atom. The minimum atomic E-state index is -0.481. The molecule has 0 bridgehead atoms. The molecule has 1 amide bonds. The molecule has 4 aromatic rings. The molecule has 3 aromatic carbocycles. The topological polar surface area (TPSA) is 90.5 Å². The van der Waals surface area contributed by atoms with E-state index >= 15 is 0 Å².